The van der Waals surface area contributed by atoms with Crippen LogP contribution in [0.5, 0.6) is 5.75 Å². The molecule has 0 saturated carbocycles. The van der Waals surface area contributed by atoms with Crippen LogP contribution in [-0.4, -0.2) is 24.7 Å². The van der Waals surface area contributed by atoms with Crippen LogP contribution in [0, 0.1) is 5.82 Å². The largest absolute Gasteiger partial charge is 0.479 e. The third-order valence-electron chi connectivity index (χ3n) is 2.03. The molecule has 8 heteroatoms. The van der Waals surface area contributed by atoms with E-state index in [0.717, 1.165) is 12.1 Å². The Bertz CT molecular complexity index is 464. The summed E-state index contributed by atoms with van der Waals surface area (Å²) in [5, 5.41) is 1.59. The zero-order valence-corrected chi connectivity index (χ0v) is 10.5. The number of carbonyl (C=O) groups is 1. The first kappa shape index (κ1) is 15.6. The van der Waals surface area contributed by atoms with Crippen LogP contribution in [0.25, 0.3) is 0 Å². The minimum atomic E-state index is -4.50. The average Bonchev–Trinajstić information content (AvgIpc) is 2.28. The van der Waals surface area contributed by atoms with Gasteiger partial charge in [-0.2, -0.15) is 13.2 Å². The van der Waals surface area contributed by atoms with Gasteiger partial charge in [0.05, 0.1) is 5.02 Å². The topological polar surface area (TPSA) is 38.3 Å². The number of halogens is 5. The molecule has 1 N–H and O–H groups in total. The number of alkyl halides is 3. The van der Waals surface area contributed by atoms with Crippen molar-refractivity contribution in [3.63, 3.8) is 0 Å². The molecule has 0 aliphatic heterocycles. The van der Waals surface area contributed by atoms with Gasteiger partial charge in [-0.25, -0.2) is 4.39 Å². The first-order chi connectivity index (χ1) is 8.69. The highest BCUT2D eigenvalue weighted by atomic mass is 35.5. The van der Waals surface area contributed by atoms with Crippen LogP contribution in [0.15, 0.2) is 18.2 Å². The molecule has 106 valence electrons. The van der Waals surface area contributed by atoms with Gasteiger partial charge in [-0.15, -0.1) is 0 Å². The Labute approximate surface area is 111 Å². The summed E-state index contributed by atoms with van der Waals surface area (Å²) >= 11 is 5.65. The highest BCUT2D eigenvalue weighted by Gasteiger charge is 2.29. The van der Waals surface area contributed by atoms with Crippen LogP contribution in [0.4, 0.5) is 17.6 Å². The SMILES string of the molecule is CC(Oc1ccc(F)cc1Cl)C(=O)NCC(F)(F)F. The summed E-state index contributed by atoms with van der Waals surface area (Å²) in [6.45, 7) is -0.192. The van der Waals surface area contributed by atoms with Gasteiger partial charge in [-0.3, -0.25) is 4.79 Å². The Kier molecular flexibility index (Phi) is 4.99. The van der Waals surface area contributed by atoms with Crippen molar-refractivity contribution in [3.8, 4) is 5.75 Å². The summed E-state index contributed by atoms with van der Waals surface area (Å²) in [7, 11) is 0. The summed E-state index contributed by atoms with van der Waals surface area (Å²) in [5.41, 5.74) is 0. The Hall–Kier alpha value is -1.50. The second-order valence-corrected chi connectivity index (χ2v) is 4.08. The molecular formula is C11H10ClF4NO2. The number of benzene rings is 1. The van der Waals surface area contributed by atoms with Crippen molar-refractivity contribution in [3.05, 3.63) is 29.0 Å². The van der Waals surface area contributed by atoms with Crippen LogP contribution in [0.2, 0.25) is 5.02 Å². The fraction of sp³-hybridized carbons (Fsp3) is 0.364. The molecule has 1 aromatic rings. The molecule has 0 bridgehead atoms. The van der Waals surface area contributed by atoms with E-state index in [0.29, 0.717) is 0 Å². The predicted octanol–water partition coefficient (Wildman–Crippen LogP) is 2.92. The maximum absolute atomic E-state index is 12.8. The van der Waals surface area contributed by atoms with Crippen LogP contribution in [0.1, 0.15) is 6.92 Å². The normalized spacial score (nSPS) is 12.9. The van der Waals surface area contributed by atoms with Crippen LogP contribution < -0.4 is 10.1 Å². The van der Waals surface area contributed by atoms with Gasteiger partial charge < -0.3 is 10.1 Å². The van der Waals surface area contributed by atoms with E-state index in [1.54, 1.807) is 5.32 Å². The molecule has 1 aromatic carbocycles. The van der Waals surface area contributed by atoms with E-state index in [9.17, 15) is 22.4 Å². The Balaban J connectivity index is 2.59. The summed E-state index contributed by atoms with van der Waals surface area (Å²) in [6, 6.07) is 3.21. The predicted molar refractivity (Wildman–Crippen MR) is 60.6 cm³/mol. The molecule has 3 nitrogen and oxygen atoms in total. The molecule has 1 unspecified atom stereocenters. The van der Waals surface area contributed by atoms with E-state index in [-0.39, 0.29) is 10.8 Å². The second kappa shape index (κ2) is 6.10. The van der Waals surface area contributed by atoms with Crippen molar-refractivity contribution in [2.24, 2.45) is 0 Å². The smallest absolute Gasteiger partial charge is 0.405 e. The van der Waals surface area contributed by atoms with Gasteiger partial charge in [0.1, 0.15) is 18.1 Å². The van der Waals surface area contributed by atoms with Crippen LogP contribution >= 0.6 is 11.6 Å². The Morgan fingerprint density at radius 1 is 1.47 bits per heavy atom. The van der Waals surface area contributed by atoms with Gasteiger partial charge in [0.25, 0.3) is 5.91 Å². The van der Waals surface area contributed by atoms with Crippen molar-refractivity contribution in [2.75, 3.05) is 6.54 Å². The number of amides is 1. The van der Waals surface area contributed by atoms with Gasteiger partial charge in [0.2, 0.25) is 0 Å². The van der Waals surface area contributed by atoms with E-state index in [2.05, 4.69) is 0 Å². The lowest BCUT2D eigenvalue weighted by atomic mass is 10.3. The lowest BCUT2D eigenvalue weighted by Gasteiger charge is -2.16. The lowest BCUT2D eigenvalue weighted by molar-refractivity contribution is -0.142. The maximum atomic E-state index is 12.8. The van der Waals surface area contributed by atoms with Gasteiger partial charge in [0, 0.05) is 0 Å². The minimum absolute atomic E-state index is 0.0118. The molecule has 19 heavy (non-hydrogen) atoms. The van der Waals surface area contributed by atoms with Crippen molar-refractivity contribution < 1.29 is 27.1 Å². The number of ether oxygens (including phenoxy) is 1. The molecule has 0 aromatic heterocycles. The zero-order chi connectivity index (χ0) is 14.6. The quantitative estimate of drug-likeness (QED) is 0.868. The number of carbonyl (C=O) groups excluding carboxylic acids is 1. The third kappa shape index (κ3) is 5.34. The Morgan fingerprint density at radius 3 is 2.63 bits per heavy atom. The van der Waals surface area contributed by atoms with Gasteiger partial charge in [-0.05, 0) is 25.1 Å². The standard InChI is InChI=1S/C11H10ClF4NO2/c1-6(10(18)17-5-11(14,15)16)19-9-3-2-7(13)4-8(9)12/h2-4,6H,5H2,1H3,(H,17,18). The van der Waals surface area contributed by atoms with E-state index >= 15 is 0 Å². The monoisotopic (exact) mass is 299 g/mol. The molecular weight excluding hydrogens is 290 g/mol. The Morgan fingerprint density at radius 2 is 2.11 bits per heavy atom. The molecule has 0 heterocycles. The molecule has 1 amide bonds. The average molecular weight is 300 g/mol. The number of nitrogens with one attached hydrogen (secondary N) is 1. The van der Waals surface area contributed by atoms with E-state index in [4.69, 9.17) is 16.3 Å². The lowest BCUT2D eigenvalue weighted by Crippen LogP contribution is -2.41. The fourth-order valence-electron chi connectivity index (χ4n) is 1.15. The van der Waals surface area contributed by atoms with Gasteiger partial charge >= 0.3 is 6.18 Å². The van der Waals surface area contributed by atoms with Crippen LogP contribution in [0.3, 0.4) is 0 Å². The highest BCUT2D eigenvalue weighted by molar-refractivity contribution is 6.32. The zero-order valence-electron chi connectivity index (χ0n) is 9.72. The van der Waals surface area contributed by atoms with Crippen molar-refractivity contribution >= 4 is 17.5 Å². The first-order valence-corrected chi connectivity index (χ1v) is 5.53. The molecule has 0 radical (unpaired) electrons. The van der Waals surface area contributed by atoms with E-state index in [1.165, 1.54) is 13.0 Å². The van der Waals surface area contributed by atoms with Crippen molar-refractivity contribution in [1.29, 1.82) is 0 Å². The van der Waals surface area contributed by atoms with E-state index < -0.39 is 30.5 Å². The minimum Gasteiger partial charge on any atom is -0.479 e. The van der Waals surface area contributed by atoms with Gasteiger partial charge in [-0.1, -0.05) is 11.6 Å². The summed E-state index contributed by atoms with van der Waals surface area (Å²) in [5.74, 6) is -1.53. The maximum Gasteiger partial charge on any atom is 0.405 e. The van der Waals surface area contributed by atoms with Crippen LogP contribution in [-0.2, 0) is 4.79 Å². The summed E-state index contributed by atoms with van der Waals surface area (Å²) in [4.78, 5) is 11.3. The fourth-order valence-corrected chi connectivity index (χ4v) is 1.36. The number of hydrogen-bond acceptors (Lipinski definition) is 2. The summed E-state index contributed by atoms with van der Waals surface area (Å²) in [6.07, 6.45) is -5.69. The van der Waals surface area contributed by atoms with Gasteiger partial charge in [0.15, 0.2) is 6.10 Å². The number of rotatable bonds is 4. The second-order valence-electron chi connectivity index (χ2n) is 3.67. The van der Waals surface area contributed by atoms with Crippen molar-refractivity contribution in [2.45, 2.75) is 19.2 Å². The van der Waals surface area contributed by atoms with Crippen molar-refractivity contribution in [1.82, 2.24) is 5.32 Å². The molecule has 0 fully saturated rings. The molecule has 0 aliphatic rings. The molecule has 0 saturated heterocycles. The molecule has 0 spiro atoms. The number of hydrogen-bond donors (Lipinski definition) is 1. The molecule has 0 aliphatic carbocycles. The third-order valence-corrected chi connectivity index (χ3v) is 2.33. The summed E-state index contributed by atoms with van der Waals surface area (Å²) < 4.78 is 53.5. The van der Waals surface area contributed by atoms with E-state index in [1.807, 2.05) is 0 Å². The molecule has 1 atom stereocenters. The molecule has 1 rings (SSSR count). The highest BCUT2D eigenvalue weighted by Crippen LogP contribution is 2.25. The first-order valence-electron chi connectivity index (χ1n) is 5.15.